The fraction of sp³-hybridized carbons (Fsp3) is 0.500. The molecule has 4 N–H and O–H groups in total. The molecule has 0 aromatic heterocycles. The number of carboxylic acids is 1. The van der Waals surface area contributed by atoms with Crippen molar-refractivity contribution in [2.75, 3.05) is 0 Å². The van der Waals surface area contributed by atoms with E-state index in [1.165, 1.54) is 12.1 Å². The Morgan fingerprint density at radius 1 is 1.24 bits per heavy atom. The molecule has 0 aliphatic rings. The Morgan fingerprint density at radius 3 is 1.95 bits per heavy atom. The van der Waals surface area contributed by atoms with Crippen LogP contribution in [0.1, 0.15) is 32.8 Å². The zero-order valence-corrected chi connectivity index (χ0v) is 13.3. The van der Waals surface area contributed by atoms with Crippen molar-refractivity contribution < 1.29 is 22.9 Å². The number of aryl methyl sites for hydroxylation is 1. The Hall–Kier alpha value is -1.44. The number of carbonyl (C=O) groups is 1. The normalized spacial score (nSPS) is 13.8. The maximum atomic E-state index is 10.6. The van der Waals surface area contributed by atoms with E-state index in [2.05, 4.69) is 0 Å². The van der Waals surface area contributed by atoms with E-state index in [1.54, 1.807) is 12.1 Å². The van der Waals surface area contributed by atoms with Crippen LogP contribution in [0.25, 0.3) is 0 Å². The van der Waals surface area contributed by atoms with Gasteiger partial charge < -0.3 is 10.8 Å². The van der Waals surface area contributed by atoms with E-state index in [-0.39, 0.29) is 10.8 Å². The highest BCUT2D eigenvalue weighted by Crippen LogP contribution is 2.09. The molecule has 0 amide bonds. The van der Waals surface area contributed by atoms with Crippen molar-refractivity contribution in [2.45, 2.75) is 44.6 Å². The molecule has 0 saturated heterocycles. The molecular weight excluding hydrogens is 294 g/mol. The third kappa shape index (κ3) is 7.22. The monoisotopic (exact) mass is 317 g/mol. The van der Waals surface area contributed by atoms with Gasteiger partial charge in [0.1, 0.15) is 6.04 Å². The lowest BCUT2D eigenvalue weighted by Gasteiger charge is -2.11. The van der Waals surface area contributed by atoms with E-state index in [9.17, 15) is 13.2 Å². The third-order valence-corrected chi connectivity index (χ3v) is 4.04. The van der Waals surface area contributed by atoms with E-state index in [1.807, 2.05) is 20.8 Å². The molecule has 0 heterocycles. The van der Waals surface area contributed by atoms with Gasteiger partial charge in [0.25, 0.3) is 10.1 Å². The van der Waals surface area contributed by atoms with Crippen molar-refractivity contribution in [3.63, 3.8) is 0 Å². The first kappa shape index (κ1) is 19.6. The summed E-state index contributed by atoms with van der Waals surface area (Å²) in [6.45, 7) is 5.73. The molecule has 0 fully saturated rings. The number of carboxylic acid groups (broad SMARTS) is 1. The number of hydrogen-bond acceptors (Lipinski definition) is 4. The maximum Gasteiger partial charge on any atom is 0.320 e. The lowest BCUT2D eigenvalue weighted by Crippen LogP contribution is -2.36. The van der Waals surface area contributed by atoms with E-state index in [0.717, 1.165) is 18.4 Å². The molecule has 0 radical (unpaired) electrons. The van der Waals surface area contributed by atoms with Crippen LogP contribution in [0.4, 0.5) is 0 Å². The molecule has 0 unspecified atom stereocenters. The average Bonchev–Trinajstić information content (AvgIpc) is 2.45. The van der Waals surface area contributed by atoms with Crippen LogP contribution in [0.3, 0.4) is 0 Å². The second-order valence-electron chi connectivity index (χ2n) is 4.72. The predicted octanol–water partition coefficient (Wildman–Crippen LogP) is 1.94. The van der Waals surface area contributed by atoms with Crippen molar-refractivity contribution in [3.05, 3.63) is 29.8 Å². The lowest BCUT2D eigenvalue weighted by molar-refractivity contribution is -0.139. The second kappa shape index (κ2) is 8.76. The summed E-state index contributed by atoms with van der Waals surface area (Å²) in [5.74, 6) is -0.841. The van der Waals surface area contributed by atoms with Crippen LogP contribution in [0.15, 0.2) is 29.2 Å². The summed E-state index contributed by atoms with van der Waals surface area (Å²) < 4.78 is 29.8. The van der Waals surface area contributed by atoms with Gasteiger partial charge in [0.15, 0.2) is 0 Å². The van der Waals surface area contributed by atoms with E-state index < -0.39 is 22.1 Å². The number of benzene rings is 1. The minimum atomic E-state index is -4.03. The molecule has 0 saturated carbocycles. The Labute approximate surface area is 125 Å². The fourth-order valence-electron chi connectivity index (χ4n) is 1.39. The smallest absolute Gasteiger partial charge is 0.320 e. The zero-order chi connectivity index (χ0) is 16.6. The highest BCUT2D eigenvalue weighted by molar-refractivity contribution is 7.85. The minimum absolute atomic E-state index is 0.0558. The summed E-state index contributed by atoms with van der Waals surface area (Å²) >= 11 is 0. The third-order valence-electron chi connectivity index (χ3n) is 3.17. The topological polar surface area (TPSA) is 118 Å². The Balaban J connectivity index is 0.000000400. The fourth-order valence-corrected chi connectivity index (χ4v) is 1.87. The van der Waals surface area contributed by atoms with Crippen LogP contribution < -0.4 is 5.73 Å². The van der Waals surface area contributed by atoms with Crippen LogP contribution in [0, 0.1) is 5.92 Å². The molecule has 120 valence electrons. The molecule has 1 aromatic rings. The van der Waals surface area contributed by atoms with Crippen molar-refractivity contribution in [1.29, 1.82) is 0 Å². The number of aliphatic carboxylic acids is 1. The van der Waals surface area contributed by atoms with Crippen molar-refractivity contribution >= 4 is 16.1 Å². The summed E-state index contributed by atoms with van der Waals surface area (Å²) in [6, 6.07) is 5.46. The van der Waals surface area contributed by atoms with E-state index in [4.69, 9.17) is 15.4 Å². The molecular formula is C14H23NO5S. The van der Waals surface area contributed by atoms with Gasteiger partial charge in [0.05, 0.1) is 4.90 Å². The molecule has 7 heteroatoms. The zero-order valence-electron chi connectivity index (χ0n) is 12.5. The van der Waals surface area contributed by atoms with E-state index >= 15 is 0 Å². The summed E-state index contributed by atoms with van der Waals surface area (Å²) in [5, 5.41) is 8.36. The minimum Gasteiger partial charge on any atom is -0.480 e. The SMILES string of the molecule is CC[C@@H](C)[C@@H](N)C(=O)O.CCc1ccc(S(=O)(=O)O)cc1. The summed E-state index contributed by atoms with van der Waals surface area (Å²) in [6.07, 6.45) is 1.67. The summed E-state index contributed by atoms with van der Waals surface area (Å²) in [7, 11) is -4.03. The summed E-state index contributed by atoms with van der Waals surface area (Å²) in [4.78, 5) is 10.1. The predicted molar refractivity (Wildman–Crippen MR) is 80.7 cm³/mol. The second-order valence-corrected chi connectivity index (χ2v) is 6.14. The van der Waals surface area contributed by atoms with Gasteiger partial charge in [-0.15, -0.1) is 0 Å². The first-order valence-electron chi connectivity index (χ1n) is 6.68. The molecule has 6 nitrogen and oxygen atoms in total. The first-order chi connectivity index (χ1) is 9.63. The molecule has 0 aliphatic carbocycles. The highest BCUT2D eigenvalue weighted by atomic mass is 32.2. The first-order valence-corrected chi connectivity index (χ1v) is 8.12. The van der Waals surface area contributed by atoms with Gasteiger partial charge in [0.2, 0.25) is 0 Å². The Kier molecular flexibility index (Phi) is 8.16. The standard InChI is InChI=1S/C8H10O3S.C6H13NO2/c1-2-7-3-5-8(6-4-7)12(9,10)11;1-3-4(2)5(7)6(8)9/h3-6H,2H2,1H3,(H,9,10,11);4-5H,3,7H2,1-2H3,(H,8,9)/t;4-,5-/m.1/s1. The van der Waals surface area contributed by atoms with Gasteiger partial charge in [-0.05, 0) is 30.0 Å². The van der Waals surface area contributed by atoms with E-state index in [0.29, 0.717) is 0 Å². The van der Waals surface area contributed by atoms with Crippen LogP contribution in [0.5, 0.6) is 0 Å². The van der Waals surface area contributed by atoms with Crippen LogP contribution in [-0.2, 0) is 21.3 Å². The number of hydrogen-bond donors (Lipinski definition) is 3. The van der Waals surface area contributed by atoms with Crippen LogP contribution >= 0.6 is 0 Å². The molecule has 0 aliphatic heterocycles. The lowest BCUT2D eigenvalue weighted by atomic mass is 10.0. The van der Waals surface area contributed by atoms with Crippen LogP contribution in [0.2, 0.25) is 0 Å². The van der Waals surface area contributed by atoms with Gasteiger partial charge in [-0.25, -0.2) is 0 Å². The van der Waals surface area contributed by atoms with Gasteiger partial charge in [-0.2, -0.15) is 8.42 Å². The van der Waals surface area contributed by atoms with Gasteiger partial charge in [0, 0.05) is 0 Å². The van der Waals surface area contributed by atoms with Gasteiger partial charge in [-0.1, -0.05) is 39.3 Å². The molecule has 1 rings (SSSR count). The molecule has 0 spiro atoms. The van der Waals surface area contributed by atoms with Gasteiger partial charge in [-0.3, -0.25) is 9.35 Å². The van der Waals surface area contributed by atoms with Crippen molar-refractivity contribution in [3.8, 4) is 0 Å². The van der Waals surface area contributed by atoms with Crippen molar-refractivity contribution in [1.82, 2.24) is 0 Å². The highest BCUT2D eigenvalue weighted by Gasteiger charge is 2.17. The largest absolute Gasteiger partial charge is 0.480 e. The summed E-state index contributed by atoms with van der Waals surface area (Å²) in [5.41, 5.74) is 6.31. The Bertz CT molecular complexity index is 539. The quantitative estimate of drug-likeness (QED) is 0.714. The average molecular weight is 317 g/mol. The molecule has 0 bridgehead atoms. The molecule has 1 aromatic carbocycles. The number of rotatable bonds is 5. The molecule has 2 atom stereocenters. The maximum absolute atomic E-state index is 10.6. The number of nitrogens with two attached hydrogens (primary N) is 1. The Morgan fingerprint density at radius 2 is 1.71 bits per heavy atom. The van der Waals surface area contributed by atoms with Gasteiger partial charge >= 0.3 is 5.97 Å². The van der Waals surface area contributed by atoms with Crippen LogP contribution in [-0.4, -0.2) is 30.1 Å². The van der Waals surface area contributed by atoms with Crippen molar-refractivity contribution in [2.24, 2.45) is 11.7 Å². The molecule has 21 heavy (non-hydrogen) atoms.